The molecule has 2 aromatic rings. The van der Waals surface area contributed by atoms with Crippen molar-refractivity contribution >= 4 is 64.5 Å². The number of carboxylic acid groups (broad SMARTS) is 1. The van der Waals surface area contributed by atoms with E-state index in [1.54, 1.807) is 0 Å². The van der Waals surface area contributed by atoms with Gasteiger partial charge in [0.25, 0.3) is 20.2 Å². The van der Waals surface area contributed by atoms with Gasteiger partial charge in [-0.05, 0) is 10.9 Å². The number of hydrogen-bond acceptors (Lipinski definition) is 17. The lowest BCUT2D eigenvalue weighted by atomic mass is 10.1. The van der Waals surface area contributed by atoms with Crippen molar-refractivity contribution in [1.82, 2.24) is 19.5 Å². The topological polar surface area (TPSA) is 372 Å². The Bertz CT molecular complexity index is 1480. The first-order valence-corrected chi connectivity index (χ1v) is 17.6. The van der Waals surface area contributed by atoms with Crippen molar-refractivity contribution in [3.05, 3.63) is 12.7 Å². The molecular weight excluding hydrogens is 656 g/mol. The molecule has 6 atom stereocenters. The van der Waals surface area contributed by atoms with Gasteiger partial charge < -0.3 is 40.6 Å². The standard InChI is InChI=1S/C15H22N6O5S.C2H6O6S2.H2O4S/c1-27(3-2-7(16)15(24)25)4-8-10(22)11(23)14(26-8)21-6-20-9-12(17)18-5-19-13(9)21;3-9(4,5)1-2-10(6,7)8;1-5(2,3)4/h5-8,10-11,14,22-23H,2-4,16H2,1H3,(H2-,17,18,19,24,25);1-2H2,(H,3,4,5)(H,6,7,8);(H2,1,2,3,4)/p-1/t7-,8+,10+,11+,14+,27?;;/m0../s1. The van der Waals surface area contributed by atoms with Gasteiger partial charge in [0.1, 0.15) is 47.7 Å². The number of nitrogens with two attached hydrogens (primary N) is 2. The number of carbonyl (C=O) groups is 1. The third-order valence-corrected chi connectivity index (χ3v) is 8.67. The molecule has 1 aliphatic rings. The van der Waals surface area contributed by atoms with E-state index >= 15 is 0 Å². The number of nitrogens with zero attached hydrogens (tertiary/aromatic N) is 4. The van der Waals surface area contributed by atoms with Crippen LogP contribution in [0.3, 0.4) is 0 Å². The van der Waals surface area contributed by atoms with Crippen molar-refractivity contribution in [2.75, 3.05) is 35.0 Å². The number of aromatic nitrogens is 4. The van der Waals surface area contributed by atoms with Gasteiger partial charge in [0.05, 0.1) is 24.1 Å². The summed E-state index contributed by atoms with van der Waals surface area (Å²) in [5.74, 6) is -1.71. The number of imidazole rings is 1. The number of hydrogen-bond donors (Lipinski definition) is 7. The fourth-order valence-corrected chi connectivity index (χ4v) is 6.52. The first-order valence-electron chi connectivity index (χ1n) is 11.1. The van der Waals surface area contributed by atoms with E-state index in [4.69, 9.17) is 47.9 Å². The van der Waals surface area contributed by atoms with Gasteiger partial charge >= 0.3 is 5.97 Å². The second kappa shape index (κ2) is 15.4. The number of nitrogen functional groups attached to an aromatic ring is 1. The van der Waals surface area contributed by atoms with E-state index in [2.05, 4.69) is 15.0 Å². The zero-order valence-corrected chi connectivity index (χ0v) is 24.7. The summed E-state index contributed by atoms with van der Waals surface area (Å²) in [6.45, 7) is 0. The summed E-state index contributed by atoms with van der Waals surface area (Å²) >= 11 is 0. The molecule has 3 rings (SSSR count). The lowest BCUT2D eigenvalue weighted by molar-refractivity contribution is -0.138. The molecule has 9 N–H and O–H groups in total. The molecule has 21 nitrogen and oxygen atoms in total. The van der Waals surface area contributed by atoms with Crippen LogP contribution in [0.4, 0.5) is 5.82 Å². The molecule has 242 valence electrons. The SMILES string of the molecule is C[S+](CC[C@H](N)C(=O)O)C[C@H]1O[C@@H](n2cnc3c(N)ncnc32)[C@H](O)[C@@H]1O.O=S(=O)(O)CCS(=O)(=O)O.O=S(=O)([O-])[O-]. The Morgan fingerprint density at radius 2 is 1.60 bits per heavy atom. The average molecular weight is 686 g/mol. The summed E-state index contributed by atoms with van der Waals surface area (Å²) in [5.41, 5.74) is 12.1. The van der Waals surface area contributed by atoms with E-state index < -0.39 is 78.7 Å². The molecule has 0 amide bonds. The first kappa shape index (κ1) is 37.7. The van der Waals surface area contributed by atoms with Gasteiger partial charge in [0.2, 0.25) is 0 Å². The summed E-state index contributed by atoms with van der Waals surface area (Å²) in [4.78, 5) is 23.0. The van der Waals surface area contributed by atoms with Crippen LogP contribution in [0.2, 0.25) is 0 Å². The second-order valence-corrected chi connectivity index (χ2v) is 14.8. The molecule has 0 bridgehead atoms. The lowest BCUT2D eigenvalue weighted by Crippen LogP contribution is -2.37. The highest BCUT2D eigenvalue weighted by Gasteiger charge is 2.46. The second-order valence-electron chi connectivity index (χ2n) is 8.50. The Morgan fingerprint density at radius 3 is 2.07 bits per heavy atom. The lowest BCUT2D eigenvalue weighted by Gasteiger charge is -2.16. The molecule has 3 heterocycles. The molecule has 0 radical (unpaired) electrons. The molecule has 0 aliphatic carbocycles. The summed E-state index contributed by atoms with van der Waals surface area (Å²) in [7, 11) is -14.0. The van der Waals surface area contributed by atoms with Crippen molar-refractivity contribution in [2.45, 2.75) is 37.0 Å². The van der Waals surface area contributed by atoms with Crippen LogP contribution in [0.1, 0.15) is 12.6 Å². The highest BCUT2D eigenvalue weighted by atomic mass is 32.3. The molecule has 0 saturated carbocycles. The highest BCUT2D eigenvalue weighted by molar-refractivity contribution is 7.96. The minimum Gasteiger partial charge on any atom is -0.759 e. The normalized spacial score (nSPS) is 22.4. The molecule has 2 aromatic heterocycles. The van der Waals surface area contributed by atoms with Crippen LogP contribution in [0.5, 0.6) is 0 Å². The van der Waals surface area contributed by atoms with E-state index in [1.807, 2.05) is 6.26 Å². The summed E-state index contributed by atoms with van der Waals surface area (Å²) in [6.07, 6.45) is 1.31. The van der Waals surface area contributed by atoms with Crippen LogP contribution in [-0.4, -0.2) is 138 Å². The van der Waals surface area contributed by atoms with E-state index in [1.165, 1.54) is 17.2 Å². The van der Waals surface area contributed by atoms with Crippen molar-refractivity contribution in [3.8, 4) is 0 Å². The van der Waals surface area contributed by atoms with Crippen LogP contribution >= 0.6 is 0 Å². The van der Waals surface area contributed by atoms with Crippen LogP contribution in [-0.2, 0) is 51.1 Å². The molecule has 1 unspecified atom stereocenters. The van der Waals surface area contributed by atoms with Gasteiger partial charge in [-0.25, -0.2) is 15.0 Å². The van der Waals surface area contributed by atoms with E-state index in [0.717, 1.165) is 0 Å². The van der Waals surface area contributed by atoms with Crippen molar-refractivity contribution in [2.24, 2.45) is 5.73 Å². The maximum Gasteiger partial charge on any atom is 0.320 e. The van der Waals surface area contributed by atoms with Gasteiger partial charge in [0.15, 0.2) is 17.7 Å². The smallest absolute Gasteiger partial charge is 0.320 e. The maximum absolute atomic E-state index is 10.8. The molecular formula is C17H29N6O15S4-. The first-order chi connectivity index (χ1) is 19.0. The van der Waals surface area contributed by atoms with Gasteiger partial charge in [-0.15, -0.1) is 0 Å². The largest absolute Gasteiger partial charge is 0.759 e. The molecule has 1 saturated heterocycles. The third kappa shape index (κ3) is 13.8. The van der Waals surface area contributed by atoms with E-state index in [9.17, 15) is 31.8 Å². The molecule has 25 heteroatoms. The predicted molar refractivity (Wildman–Crippen MR) is 142 cm³/mol. The fraction of sp³-hybridized carbons (Fsp3) is 0.647. The molecule has 0 spiro atoms. The number of anilines is 1. The van der Waals surface area contributed by atoms with Gasteiger partial charge in [0, 0.05) is 16.8 Å². The van der Waals surface area contributed by atoms with E-state index in [0.29, 0.717) is 29.1 Å². The number of ether oxygens (including phenoxy) is 1. The number of fused-ring (bicyclic) bond motifs is 1. The molecule has 1 aliphatic heterocycles. The summed E-state index contributed by atoms with van der Waals surface area (Å²) < 4.78 is 96.9. The van der Waals surface area contributed by atoms with Gasteiger partial charge in [-0.1, -0.05) is 0 Å². The number of aliphatic hydroxyl groups is 2. The molecule has 0 aromatic carbocycles. The summed E-state index contributed by atoms with van der Waals surface area (Å²) in [6, 6.07) is -0.907. The van der Waals surface area contributed by atoms with Crippen molar-refractivity contribution in [3.63, 3.8) is 0 Å². The van der Waals surface area contributed by atoms with Crippen molar-refractivity contribution in [1.29, 1.82) is 0 Å². The average Bonchev–Trinajstić information content (AvgIpc) is 3.37. The Balaban J connectivity index is 0.000000488. The van der Waals surface area contributed by atoms with Crippen LogP contribution < -0.4 is 11.5 Å². The van der Waals surface area contributed by atoms with Crippen molar-refractivity contribution < 1.29 is 68.3 Å². The number of aliphatic hydroxyl groups excluding tert-OH is 2. The van der Waals surface area contributed by atoms with Crippen LogP contribution in [0.15, 0.2) is 12.7 Å². The minimum atomic E-state index is -5.17. The van der Waals surface area contributed by atoms with Crippen LogP contribution in [0, 0.1) is 0 Å². The Kier molecular flexibility index (Phi) is 13.9. The maximum atomic E-state index is 10.8. The number of carboxylic acids is 1. The monoisotopic (exact) mass is 685 g/mol. The zero-order valence-electron chi connectivity index (χ0n) is 21.5. The van der Waals surface area contributed by atoms with E-state index in [-0.39, 0.29) is 16.7 Å². The highest BCUT2D eigenvalue weighted by Crippen LogP contribution is 2.32. The summed E-state index contributed by atoms with van der Waals surface area (Å²) in [5, 5.41) is 29.7. The van der Waals surface area contributed by atoms with Gasteiger partial charge in [-0.3, -0.25) is 26.9 Å². The molecule has 42 heavy (non-hydrogen) atoms. The molecule has 1 fully saturated rings. The number of aliphatic carboxylic acids is 1. The van der Waals surface area contributed by atoms with Gasteiger partial charge in [-0.2, -0.15) is 16.8 Å². The quantitative estimate of drug-likeness (QED) is 0.0703. The number of rotatable bonds is 10. The Morgan fingerprint density at radius 1 is 1.07 bits per heavy atom. The Labute approximate surface area is 242 Å². The minimum absolute atomic E-state index is 0.216. The Hall–Kier alpha value is -2.30. The third-order valence-electron chi connectivity index (χ3n) is 5.14. The zero-order chi connectivity index (χ0) is 32.6. The van der Waals surface area contributed by atoms with Crippen LogP contribution in [0.25, 0.3) is 11.2 Å². The predicted octanol–water partition coefficient (Wildman–Crippen LogP) is -4.50. The fourth-order valence-electron chi connectivity index (χ4n) is 3.18.